The number of rotatable bonds is 5. The predicted molar refractivity (Wildman–Crippen MR) is 90.2 cm³/mol. The van der Waals surface area contributed by atoms with Gasteiger partial charge in [-0.1, -0.05) is 13.3 Å². The first kappa shape index (κ1) is 16.5. The van der Waals surface area contributed by atoms with Gasteiger partial charge in [-0.05, 0) is 31.5 Å². The molecule has 1 aromatic rings. The van der Waals surface area contributed by atoms with Crippen molar-refractivity contribution < 1.29 is 4.79 Å². The molecule has 6 nitrogen and oxygen atoms in total. The van der Waals surface area contributed by atoms with Gasteiger partial charge >= 0.3 is 0 Å². The van der Waals surface area contributed by atoms with Crippen LogP contribution in [0.2, 0.25) is 0 Å². The highest BCUT2D eigenvalue weighted by atomic mass is 16.1. The Hall–Kier alpha value is -1.40. The number of aromatic nitrogens is 2. The molecule has 0 saturated carbocycles. The van der Waals surface area contributed by atoms with Gasteiger partial charge < -0.3 is 10.6 Å². The number of amides is 1. The zero-order valence-corrected chi connectivity index (χ0v) is 14.3. The quantitative estimate of drug-likeness (QED) is 0.839. The Morgan fingerprint density at radius 2 is 2.30 bits per heavy atom. The molecule has 2 N–H and O–H groups in total. The molecule has 1 unspecified atom stereocenters. The molecule has 128 valence electrons. The van der Waals surface area contributed by atoms with Gasteiger partial charge in [-0.15, -0.1) is 0 Å². The van der Waals surface area contributed by atoms with Crippen molar-refractivity contribution in [2.24, 2.45) is 13.0 Å². The number of nitrogens with one attached hydrogen (secondary N) is 2. The number of hydrogen-bond donors (Lipinski definition) is 2. The number of carbonyl (C=O) groups is 1. The number of carbonyl (C=O) groups excluding carboxylic acids is 1. The van der Waals surface area contributed by atoms with Crippen LogP contribution >= 0.6 is 0 Å². The smallest absolute Gasteiger partial charge is 0.225 e. The van der Waals surface area contributed by atoms with Gasteiger partial charge in [0.15, 0.2) is 0 Å². The molecule has 0 bridgehead atoms. The lowest BCUT2D eigenvalue weighted by Crippen LogP contribution is -2.48. The minimum Gasteiger partial charge on any atom is -0.354 e. The van der Waals surface area contributed by atoms with Gasteiger partial charge in [-0.25, -0.2) is 0 Å². The Morgan fingerprint density at radius 3 is 3.04 bits per heavy atom. The molecule has 3 rings (SSSR count). The number of aryl methyl sites for hydroxylation is 1. The SMILES string of the molecule is CCN1CCCCC1CNC(=O)[C@H]1CNC[C@@H]1c1cnn(C)c1. The van der Waals surface area contributed by atoms with Crippen LogP contribution in [0.3, 0.4) is 0 Å². The van der Waals surface area contributed by atoms with E-state index in [1.54, 1.807) is 0 Å². The van der Waals surface area contributed by atoms with Crippen LogP contribution in [0.25, 0.3) is 0 Å². The lowest BCUT2D eigenvalue weighted by Gasteiger charge is -2.35. The molecule has 0 spiro atoms. The third-order valence-electron chi connectivity index (χ3n) is 5.37. The second-order valence-electron chi connectivity index (χ2n) is 6.84. The Morgan fingerprint density at radius 1 is 1.43 bits per heavy atom. The van der Waals surface area contributed by atoms with Gasteiger partial charge in [-0.2, -0.15) is 5.10 Å². The van der Waals surface area contributed by atoms with E-state index in [0.29, 0.717) is 6.04 Å². The Kier molecular flexibility index (Phi) is 5.33. The molecule has 6 heteroatoms. The third-order valence-corrected chi connectivity index (χ3v) is 5.37. The normalized spacial score (nSPS) is 28.9. The number of hydrogen-bond acceptors (Lipinski definition) is 4. The molecule has 0 aromatic carbocycles. The lowest BCUT2D eigenvalue weighted by atomic mass is 9.90. The van der Waals surface area contributed by atoms with Crippen molar-refractivity contribution in [1.29, 1.82) is 0 Å². The fourth-order valence-corrected chi connectivity index (χ4v) is 3.99. The first-order valence-corrected chi connectivity index (χ1v) is 8.90. The molecule has 1 amide bonds. The molecule has 2 fully saturated rings. The summed E-state index contributed by atoms with van der Waals surface area (Å²) >= 11 is 0. The Balaban J connectivity index is 1.56. The van der Waals surface area contributed by atoms with E-state index in [1.165, 1.54) is 25.8 Å². The second-order valence-corrected chi connectivity index (χ2v) is 6.84. The molecule has 23 heavy (non-hydrogen) atoms. The predicted octanol–water partition coefficient (Wildman–Crippen LogP) is 0.714. The monoisotopic (exact) mass is 319 g/mol. The van der Waals surface area contributed by atoms with Gasteiger partial charge in [-0.3, -0.25) is 14.4 Å². The number of likely N-dealkylation sites (N-methyl/N-ethyl adjacent to an activating group) is 1. The van der Waals surface area contributed by atoms with Crippen molar-refractivity contribution in [2.75, 3.05) is 32.7 Å². The molecular weight excluding hydrogens is 290 g/mol. The first-order valence-electron chi connectivity index (χ1n) is 8.90. The topological polar surface area (TPSA) is 62.2 Å². The maximum absolute atomic E-state index is 12.7. The average Bonchev–Trinajstić information content (AvgIpc) is 3.21. The number of likely N-dealkylation sites (tertiary alicyclic amines) is 1. The fraction of sp³-hybridized carbons (Fsp3) is 0.765. The van der Waals surface area contributed by atoms with Crippen molar-refractivity contribution in [1.82, 2.24) is 25.3 Å². The fourth-order valence-electron chi connectivity index (χ4n) is 3.99. The third kappa shape index (κ3) is 3.75. The first-order chi connectivity index (χ1) is 11.2. The van der Waals surface area contributed by atoms with Gasteiger partial charge in [0.25, 0.3) is 0 Å². The summed E-state index contributed by atoms with van der Waals surface area (Å²) in [4.78, 5) is 15.2. The zero-order valence-electron chi connectivity index (χ0n) is 14.3. The van der Waals surface area contributed by atoms with Crippen LogP contribution in [0.5, 0.6) is 0 Å². The van der Waals surface area contributed by atoms with Gasteiger partial charge in [0, 0.05) is 44.8 Å². The van der Waals surface area contributed by atoms with Crippen LogP contribution < -0.4 is 10.6 Å². The van der Waals surface area contributed by atoms with E-state index in [1.807, 2.05) is 24.1 Å². The van der Waals surface area contributed by atoms with Crippen molar-refractivity contribution in [3.8, 4) is 0 Å². The molecule has 2 aliphatic heterocycles. The minimum atomic E-state index is 0.0119. The second kappa shape index (κ2) is 7.45. The summed E-state index contributed by atoms with van der Waals surface area (Å²) < 4.78 is 1.81. The van der Waals surface area contributed by atoms with E-state index in [9.17, 15) is 4.79 Å². The summed E-state index contributed by atoms with van der Waals surface area (Å²) in [5.41, 5.74) is 1.16. The maximum atomic E-state index is 12.7. The number of piperidine rings is 1. The maximum Gasteiger partial charge on any atom is 0.225 e. The summed E-state index contributed by atoms with van der Waals surface area (Å²) in [6, 6.07) is 0.504. The van der Waals surface area contributed by atoms with Gasteiger partial charge in [0.05, 0.1) is 12.1 Å². The molecule has 1 aromatic heterocycles. The van der Waals surface area contributed by atoms with Crippen LogP contribution in [0.15, 0.2) is 12.4 Å². The van der Waals surface area contributed by atoms with Crippen molar-refractivity contribution in [2.45, 2.75) is 38.1 Å². The highest BCUT2D eigenvalue weighted by molar-refractivity contribution is 5.80. The van der Waals surface area contributed by atoms with E-state index in [4.69, 9.17) is 0 Å². The molecule has 2 saturated heterocycles. The molecule has 0 aliphatic carbocycles. The molecule has 3 atom stereocenters. The number of nitrogens with zero attached hydrogens (tertiary/aromatic N) is 3. The van der Waals surface area contributed by atoms with Gasteiger partial charge in [0.2, 0.25) is 5.91 Å². The van der Waals surface area contributed by atoms with Gasteiger partial charge in [0.1, 0.15) is 0 Å². The van der Waals surface area contributed by atoms with Crippen LogP contribution in [0.4, 0.5) is 0 Å². The van der Waals surface area contributed by atoms with Crippen LogP contribution in [0, 0.1) is 5.92 Å². The summed E-state index contributed by atoms with van der Waals surface area (Å²) in [5.74, 6) is 0.431. The Labute approximate surface area is 138 Å². The van der Waals surface area contributed by atoms with E-state index in [2.05, 4.69) is 27.6 Å². The van der Waals surface area contributed by atoms with Crippen molar-refractivity contribution in [3.05, 3.63) is 18.0 Å². The average molecular weight is 319 g/mol. The lowest BCUT2D eigenvalue weighted by molar-refractivity contribution is -0.125. The molecule has 2 aliphatic rings. The largest absolute Gasteiger partial charge is 0.354 e. The Bertz CT molecular complexity index is 529. The molecular formula is C17H29N5O. The molecule has 0 radical (unpaired) electrons. The van der Waals surface area contributed by atoms with E-state index in [0.717, 1.165) is 31.7 Å². The van der Waals surface area contributed by atoms with Crippen molar-refractivity contribution in [3.63, 3.8) is 0 Å². The van der Waals surface area contributed by atoms with Crippen molar-refractivity contribution >= 4 is 5.91 Å². The summed E-state index contributed by atoms with van der Waals surface area (Å²) in [5, 5.41) is 10.8. The highest BCUT2D eigenvalue weighted by Gasteiger charge is 2.35. The minimum absolute atomic E-state index is 0.0119. The summed E-state index contributed by atoms with van der Waals surface area (Å²) in [7, 11) is 1.92. The summed E-state index contributed by atoms with van der Waals surface area (Å²) in [6.45, 7) is 6.84. The summed E-state index contributed by atoms with van der Waals surface area (Å²) in [6.07, 6.45) is 7.67. The standard InChI is InChI=1S/C17H29N5O/c1-3-22-7-5-4-6-14(22)9-19-17(23)16-11-18-10-15(16)13-8-20-21(2)12-13/h8,12,14-16,18H,3-7,9-11H2,1-2H3,(H,19,23)/t14?,15-,16+/m1/s1. The van der Waals surface area contributed by atoms with Crippen LogP contribution in [0.1, 0.15) is 37.7 Å². The van der Waals surface area contributed by atoms with E-state index >= 15 is 0 Å². The molecule has 3 heterocycles. The van der Waals surface area contributed by atoms with E-state index < -0.39 is 0 Å². The zero-order chi connectivity index (χ0) is 16.2. The van der Waals surface area contributed by atoms with Crippen LogP contribution in [-0.4, -0.2) is 59.4 Å². The van der Waals surface area contributed by atoms with Crippen LogP contribution in [-0.2, 0) is 11.8 Å². The van der Waals surface area contributed by atoms with E-state index in [-0.39, 0.29) is 17.7 Å². The highest BCUT2D eigenvalue weighted by Crippen LogP contribution is 2.28.